The summed E-state index contributed by atoms with van der Waals surface area (Å²) < 4.78 is 15.7. The molecule has 1 saturated heterocycles. The Morgan fingerprint density at radius 2 is 1.50 bits per heavy atom. The molecular weight excluding hydrogens is 362 g/mol. The summed E-state index contributed by atoms with van der Waals surface area (Å²) in [4.78, 5) is 39.0. The monoisotopic (exact) mass is 391 g/mol. The van der Waals surface area contributed by atoms with Gasteiger partial charge in [0.2, 0.25) is 0 Å². The summed E-state index contributed by atoms with van der Waals surface area (Å²) in [6, 6.07) is 9.47. The van der Waals surface area contributed by atoms with Gasteiger partial charge in [0.15, 0.2) is 5.41 Å². The molecule has 0 N–H and O–H groups in total. The molecule has 0 saturated carbocycles. The fraction of sp³-hybridized carbons (Fsp3) is 0.571. The van der Waals surface area contributed by atoms with Crippen molar-refractivity contribution < 1.29 is 28.6 Å². The summed E-state index contributed by atoms with van der Waals surface area (Å²) in [5.41, 5.74) is -0.450. The Hall–Kier alpha value is -2.57. The summed E-state index contributed by atoms with van der Waals surface area (Å²) in [5, 5.41) is 0. The van der Waals surface area contributed by atoms with Gasteiger partial charge in [-0.3, -0.25) is 9.59 Å². The van der Waals surface area contributed by atoms with Crippen LogP contribution in [0, 0.1) is 11.3 Å². The first kappa shape index (κ1) is 21.7. The Bertz CT molecular complexity index is 649. The molecule has 1 heterocycles. The Kier molecular flexibility index (Phi) is 7.84. The molecule has 7 heteroatoms. The molecule has 2 rings (SSSR count). The van der Waals surface area contributed by atoms with Crippen molar-refractivity contribution in [2.24, 2.45) is 11.3 Å². The molecule has 0 aromatic heterocycles. The van der Waals surface area contributed by atoms with E-state index in [4.69, 9.17) is 14.2 Å². The topological polar surface area (TPSA) is 82.1 Å². The molecule has 1 aromatic rings. The van der Waals surface area contributed by atoms with Crippen molar-refractivity contribution in [1.82, 2.24) is 4.90 Å². The molecule has 154 valence electrons. The van der Waals surface area contributed by atoms with Gasteiger partial charge in [-0.05, 0) is 45.1 Å². The first-order chi connectivity index (χ1) is 13.4. The number of likely N-dealkylation sites (tertiary alicyclic amines) is 1. The van der Waals surface area contributed by atoms with E-state index in [0.717, 1.165) is 5.56 Å². The van der Waals surface area contributed by atoms with Crippen molar-refractivity contribution in [3.8, 4) is 0 Å². The lowest BCUT2D eigenvalue weighted by atomic mass is 9.72. The van der Waals surface area contributed by atoms with E-state index in [1.165, 1.54) is 0 Å². The molecule has 0 aliphatic carbocycles. The van der Waals surface area contributed by atoms with Crippen LogP contribution in [0.15, 0.2) is 30.3 Å². The predicted molar refractivity (Wildman–Crippen MR) is 102 cm³/mol. The zero-order chi connectivity index (χ0) is 20.6. The molecule has 1 aromatic carbocycles. The number of hydrogen-bond acceptors (Lipinski definition) is 6. The van der Waals surface area contributed by atoms with E-state index in [0.29, 0.717) is 25.9 Å². The first-order valence-corrected chi connectivity index (χ1v) is 9.73. The Balaban J connectivity index is 1.96. The number of esters is 2. The molecule has 1 aliphatic rings. The van der Waals surface area contributed by atoms with Crippen LogP contribution in [0.1, 0.15) is 39.2 Å². The highest BCUT2D eigenvalue weighted by Crippen LogP contribution is 2.38. The van der Waals surface area contributed by atoms with Crippen LogP contribution in [0.2, 0.25) is 0 Å². The second-order valence-electron chi connectivity index (χ2n) is 6.94. The number of carbonyl (C=O) groups excluding carboxylic acids is 3. The number of carbonyl (C=O) groups is 3. The highest BCUT2D eigenvalue weighted by atomic mass is 16.6. The standard InChI is InChI=1S/C21H29NO6/c1-4-26-18(23)21(3,19(24)27-5-2)17-11-13-22(14-12-17)20(25)28-15-16-9-7-6-8-10-16/h6-10,17H,4-5,11-15H2,1-3H3. The minimum Gasteiger partial charge on any atom is -0.465 e. The van der Waals surface area contributed by atoms with E-state index in [1.807, 2.05) is 30.3 Å². The fourth-order valence-corrected chi connectivity index (χ4v) is 3.43. The summed E-state index contributed by atoms with van der Waals surface area (Å²) in [6.07, 6.45) is 0.597. The van der Waals surface area contributed by atoms with Crippen molar-refractivity contribution in [1.29, 1.82) is 0 Å². The zero-order valence-corrected chi connectivity index (χ0v) is 16.8. The lowest BCUT2D eigenvalue weighted by Gasteiger charge is -2.38. The molecule has 0 unspecified atom stereocenters. The van der Waals surface area contributed by atoms with Crippen LogP contribution in [-0.4, -0.2) is 49.2 Å². The van der Waals surface area contributed by atoms with Crippen LogP contribution in [0.4, 0.5) is 4.79 Å². The molecule has 7 nitrogen and oxygen atoms in total. The van der Waals surface area contributed by atoms with Crippen molar-refractivity contribution >= 4 is 18.0 Å². The summed E-state index contributed by atoms with van der Waals surface area (Å²) >= 11 is 0. The zero-order valence-electron chi connectivity index (χ0n) is 16.8. The summed E-state index contributed by atoms with van der Waals surface area (Å²) in [5.74, 6) is -1.40. The Morgan fingerprint density at radius 3 is 2.00 bits per heavy atom. The van der Waals surface area contributed by atoms with Gasteiger partial charge >= 0.3 is 18.0 Å². The molecule has 1 fully saturated rings. The van der Waals surface area contributed by atoms with Crippen molar-refractivity contribution in [2.45, 2.75) is 40.2 Å². The second-order valence-corrected chi connectivity index (χ2v) is 6.94. The van der Waals surface area contributed by atoms with Crippen LogP contribution >= 0.6 is 0 Å². The molecule has 0 atom stereocenters. The van der Waals surface area contributed by atoms with Gasteiger partial charge in [0.25, 0.3) is 0 Å². The van der Waals surface area contributed by atoms with Gasteiger partial charge in [0, 0.05) is 13.1 Å². The normalized spacial score (nSPS) is 15.0. The summed E-state index contributed by atoms with van der Waals surface area (Å²) in [6.45, 7) is 6.40. The van der Waals surface area contributed by atoms with Gasteiger partial charge in [-0.2, -0.15) is 0 Å². The number of piperidine rings is 1. The molecule has 28 heavy (non-hydrogen) atoms. The van der Waals surface area contributed by atoms with E-state index in [9.17, 15) is 14.4 Å². The van der Waals surface area contributed by atoms with Crippen LogP contribution < -0.4 is 0 Å². The number of amides is 1. The number of hydrogen-bond donors (Lipinski definition) is 0. The highest BCUT2D eigenvalue weighted by Gasteiger charge is 2.51. The maximum Gasteiger partial charge on any atom is 0.410 e. The van der Waals surface area contributed by atoms with Crippen molar-refractivity contribution in [2.75, 3.05) is 26.3 Å². The van der Waals surface area contributed by atoms with Gasteiger partial charge in [0.1, 0.15) is 6.61 Å². The molecule has 1 aliphatic heterocycles. The molecule has 0 spiro atoms. The van der Waals surface area contributed by atoms with E-state index in [-0.39, 0.29) is 25.7 Å². The minimum atomic E-state index is -1.37. The number of ether oxygens (including phenoxy) is 3. The predicted octanol–water partition coefficient (Wildman–Crippen LogP) is 3.17. The van der Waals surface area contributed by atoms with Crippen molar-refractivity contribution in [3.05, 3.63) is 35.9 Å². The third-order valence-corrected chi connectivity index (χ3v) is 5.17. The van der Waals surface area contributed by atoms with E-state index in [1.54, 1.807) is 25.7 Å². The van der Waals surface area contributed by atoms with Gasteiger partial charge in [-0.25, -0.2) is 4.79 Å². The van der Waals surface area contributed by atoms with Gasteiger partial charge in [-0.1, -0.05) is 30.3 Å². The maximum atomic E-state index is 12.5. The lowest BCUT2D eigenvalue weighted by Crippen LogP contribution is -2.50. The van der Waals surface area contributed by atoms with Crippen LogP contribution in [-0.2, 0) is 30.4 Å². The Labute approximate surface area is 165 Å². The fourth-order valence-electron chi connectivity index (χ4n) is 3.43. The number of rotatable bonds is 7. The number of nitrogens with zero attached hydrogens (tertiary/aromatic N) is 1. The van der Waals surface area contributed by atoms with Gasteiger partial charge < -0.3 is 19.1 Å². The second kappa shape index (κ2) is 10.1. The average molecular weight is 391 g/mol. The van der Waals surface area contributed by atoms with Crippen LogP contribution in [0.25, 0.3) is 0 Å². The highest BCUT2D eigenvalue weighted by molar-refractivity contribution is 6.00. The third-order valence-electron chi connectivity index (χ3n) is 5.17. The van der Waals surface area contributed by atoms with Gasteiger partial charge in [0.05, 0.1) is 13.2 Å². The third kappa shape index (κ3) is 5.03. The smallest absolute Gasteiger partial charge is 0.410 e. The molecular formula is C21H29NO6. The van der Waals surface area contributed by atoms with E-state index < -0.39 is 23.4 Å². The quantitative estimate of drug-likeness (QED) is 0.403. The van der Waals surface area contributed by atoms with E-state index >= 15 is 0 Å². The van der Waals surface area contributed by atoms with Gasteiger partial charge in [-0.15, -0.1) is 0 Å². The molecule has 1 amide bonds. The minimum absolute atomic E-state index is 0.193. The Morgan fingerprint density at radius 1 is 0.964 bits per heavy atom. The molecule has 0 bridgehead atoms. The molecule has 0 radical (unpaired) electrons. The average Bonchev–Trinajstić information content (AvgIpc) is 2.72. The largest absolute Gasteiger partial charge is 0.465 e. The lowest BCUT2D eigenvalue weighted by molar-refractivity contribution is -0.176. The first-order valence-electron chi connectivity index (χ1n) is 9.73. The van der Waals surface area contributed by atoms with Crippen LogP contribution in [0.3, 0.4) is 0 Å². The maximum absolute atomic E-state index is 12.5. The van der Waals surface area contributed by atoms with E-state index in [2.05, 4.69) is 0 Å². The summed E-state index contributed by atoms with van der Waals surface area (Å²) in [7, 11) is 0. The SMILES string of the molecule is CCOC(=O)C(C)(C(=O)OCC)C1CCN(C(=O)OCc2ccccc2)CC1. The van der Waals surface area contributed by atoms with Crippen LogP contribution in [0.5, 0.6) is 0 Å². The number of benzene rings is 1. The van der Waals surface area contributed by atoms with Crippen molar-refractivity contribution in [3.63, 3.8) is 0 Å².